The van der Waals surface area contributed by atoms with Crippen molar-refractivity contribution in [2.24, 2.45) is 0 Å². The summed E-state index contributed by atoms with van der Waals surface area (Å²) < 4.78 is 7.99. The third kappa shape index (κ3) is 5.14. The van der Waals surface area contributed by atoms with Gasteiger partial charge in [-0.15, -0.1) is 0 Å². The first-order valence-electron chi connectivity index (χ1n) is 11.3. The van der Waals surface area contributed by atoms with Crippen LogP contribution in [0.4, 0.5) is 4.79 Å². The molecule has 1 saturated heterocycles. The maximum absolute atomic E-state index is 13.1. The summed E-state index contributed by atoms with van der Waals surface area (Å²) in [5.41, 5.74) is 2.73. The number of carbonyl (C=O) groups is 2. The normalized spacial score (nSPS) is 14.9. The summed E-state index contributed by atoms with van der Waals surface area (Å²) in [6, 6.07) is 25.1. The Hall–Kier alpha value is -3.48. The van der Waals surface area contributed by atoms with E-state index in [1.165, 1.54) is 4.90 Å². The molecule has 1 fully saturated rings. The molecule has 1 aliphatic heterocycles. The minimum Gasteiger partial charge on any atom is -0.494 e. The predicted octanol–water partition coefficient (Wildman–Crippen LogP) is 7.00. The van der Waals surface area contributed by atoms with E-state index in [4.69, 9.17) is 16.3 Å². The van der Waals surface area contributed by atoms with E-state index in [-0.39, 0.29) is 17.7 Å². The zero-order valence-electron chi connectivity index (χ0n) is 18.9. The molecule has 35 heavy (non-hydrogen) atoms. The smallest absolute Gasteiger partial charge is 0.293 e. The summed E-state index contributed by atoms with van der Waals surface area (Å²) in [7, 11) is 0. The second kappa shape index (κ2) is 10.4. The third-order valence-electron chi connectivity index (χ3n) is 5.82. The lowest BCUT2D eigenvalue weighted by atomic mass is 10.1. The Morgan fingerprint density at radius 2 is 1.66 bits per heavy atom. The van der Waals surface area contributed by atoms with E-state index in [0.717, 1.165) is 52.5 Å². The van der Waals surface area contributed by atoms with Crippen LogP contribution in [0.5, 0.6) is 5.75 Å². The molecule has 0 atom stereocenters. The zero-order valence-corrected chi connectivity index (χ0v) is 20.5. The fraction of sp³-hybridized carbons (Fsp3) is 0.143. The van der Waals surface area contributed by atoms with Crippen molar-refractivity contribution >= 4 is 51.5 Å². The van der Waals surface area contributed by atoms with Gasteiger partial charge >= 0.3 is 0 Å². The highest BCUT2D eigenvalue weighted by Gasteiger charge is 2.35. The highest BCUT2D eigenvalue weighted by Crippen LogP contribution is 2.35. The Labute approximate surface area is 212 Å². The van der Waals surface area contributed by atoms with E-state index in [1.54, 1.807) is 6.07 Å². The van der Waals surface area contributed by atoms with Gasteiger partial charge in [-0.05, 0) is 54.1 Å². The van der Waals surface area contributed by atoms with Gasteiger partial charge in [0.1, 0.15) is 5.75 Å². The van der Waals surface area contributed by atoms with Crippen LogP contribution in [0.3, 0.4) is 0 Å². The van der Waals surface area contributed by atoms with Gasteiger partial charge < -0.3 is 9.30 Å². The van der Waals surface area contributed by atoms with Crippen LogP contribution in [0, 0.1) is 0 Å². The summed E-state index contributed by atoms with van der Waals surface area (Å²) in [6.07, 6.45) is 4.69. The number of thioether (sulfide) groups is 1. The molecule has 5 nitrogen and oxygen atoms in total. The average molecular weight is 503 g/mol. The molecule has 1 aliphatic rings. The number of aromatic nitrogens is 1. The Kier molecular flexibility index (Phi) is 6.93. The molecule has 4 aromatic rings. The fourth-order valence-corrected chi connectivity index (χ4v) is 5.12. The van der Waals surface area contributed by atoms with Gasteiger partial charge in [0.2, 0.25) is 0 Å². The number of benzene rings is 3. The molecule has 0 bridgehead atoms. The van der Waals surface area contributed by atoms with Crippen LogP contribution in [0.2, 0.25) is 5.02 Å². The average Bonchev–Trinajstić information content (AvgIpc) is 3.36. The summed E-state index contributed by atoms with van der Waals surface area (Å²) in [4.78, 5) is 27.4. The molecule has 5 rings (SSSR count). The van der Waals surface area contributed by atoms with Gasteiger partial charge in [0, 0.05) is 34.2 Å². The number of fused-ring (bicyclic) bond motifs is 1. The zero-order chi connectivity index (χ0) is 24.2. The molecule has 0 aliphatic carbocycles. The third-order valence-corrected chi connectivity index (χ3v) is 7.10. The predicted molar refractivity (Wildman–Crippen MR) is 141 cm³/mol. The number of aryl methyl sites for hydroxylation is 1. The van der Waals surface area contributed by atoms with Gasteiger partial charge in [-0.1, -0.05) is 66.2 Å². The van der Waals surface area contributed by atoms with Gasteiger partial charge in [0.15, 0.2) is 0 Å². The van der Waals surface area contributed by atoms with Gasteiger partial charge in [-0.25, -0.2) is 0 Å². The Morgan fingerprint density at radius 3 is 2.49 bits per heavy atom. The number of imide groups is 1. The van der Waals surface area contributed by atoms with Gasteiger partial charge in [0.05, 0.1) is 18.1 Å². The number of amides is 2. The van der Waals surface area contributed by atoms with Crippen LogP contribution < -0.4 is 4.74 Å². The van der Waals surface area contributed by atoms with E-state index in [2.05, 4.69) is 10.6 Å². The molecule has 0 spiro atoms. The van der Waals surface area contributed by atoms with Crippen molar-refractivity contribution in [2.45, 2.75) is 19.5 Å². The number of para-hydroxylation sites is 2. The number of ether oxygens (including phenoxy) is 1. The molecule has 1 aromatic heterocycles. The summed E-state index contributed by atoms with van der Waals surface area (Å²) in [5.74, 6) is 0.561. The number of hydrogen-bond acceptors (Lipinski definition) is 4. The Morgan fingerprint density at radius 1 is 0.914 bits per heavy atom. The topological polar surface area (TPSA) is 51.5 Å². The number of rotatable bonds is 8. The largest absolute Gasteiger partial charge is 0.494 e. The molecule has 0 unspecified atom stereocenters. The first kappa shape index (κ1) is 23.3. The van der Waals surface area contributed by atoms with Gasteiger partial charge in [-0.2, -0.15) is 0 Å². The van der Waals surface area contributed by atoms with Crippen molar-refractivity contribution in [2.75, 3.05) is 6.61 Å². The van der Waals surface area contributed by atoms with E-state index in [9.17, 15) is 9.59 Å². The van der Waals surface area contributed by atoms with Crippen LogP contribution in [0.1, 0.15) is 17.5 Å². The van der Waals surface area contributed by atoms with Gasteiger partial charge in [-0.3, -0.25) is 14.5 Å². The van der Waals surface area contributed by atoms with Crippen LogP contribution in [-0.4, -0.2) is 27.2 Å². The number of hydrogen-bond donors (Lipinski definition) is 0. The summed E-state index contributed by atoms with van der Waals surface area (Å²) >= 11 is 7.20. The molecule has 2 amide bonds. The van der Waals surface area contributed by atoms with Crippen molar-refractivity contribution in [3.05, 3.63) is 106 Å². The molecular formula is C28H23ClN2O3S. The maximum atomic E-state index is 13.1. The van der Waals surface area contributed by atoms with Crippen LogP contribution >= 0.6 is 23.4 Å². The van der Waals surface area contributed by atoms with Crippen molar-refractivity contribution in [3.8, 4) is 5.75 Å². The van der Waals surface area contributed by atoms with E-state index in [1.807, 2.05) is 79.0 Å². The number of nitrogens with zero attached hydrogens (tertiary/aromatic N) is 2. The molecule has 176 valence electrons. The van der Waals surface area contributed by atoms with Crippen molar-refractivity contribution in [3.63, 3.8) is 0 Å². The van der Waals surface area contributed by atoms with Crippen LogP contribution in [-0.2, 0) is 17.9 Å². The Bertz CT molecular complexity index is 1410. The minimum absolute atomic E-state index is 0.158. The quantitative estimate of drug-likeness (QED) is 0.192. The molecule has 3 aromatic carbocycles. The van der Waals surface area contributed by atoms with Crippen LogP contribution in [0.25, 0.3) is 17.0 Å². The highest BCUT2D eigenvalue weighted by molar-refractivity contribution is 8.18. The maximum Gasteiger partial charge on any atom is 0.293 e. The molecular weight excluding hydrogens is 480 g/mol. The number of carbonyl (C=O) groups excluding carboxylic acids is 2. The SMILES string of the molecule is O=C1S/C(=C\c2cn(CCCOc3ccccc3)c3ccccc23)C(=O)N1Cc1ccccc1Cl. The summed E-state index contributed by atoms with van der Waals surface area (Å²) in [6.45, 7) is 1.53. The van der Waals surface area contributed by atoms with E-state index in [0.29, 0.717) is 16.5 Å². The minimum atomic E-state index is -0.298. The molecule has 0 saturated carbocycles. The second-order valence-electron chi connectivity index (χ2n) is 8.17. The molecule has 7 heteroatoms. The van der Waals surface area contributed by atoms with Crippen LogP contribution in [0.15, 0.2) is 90.0 Å². The molecule has 0 N–H and O–H groups in total. The van der Waals surface area contributed by atoms with Crippen molar-refractivity contribution in [1.82, 2.24) is 9.47 Å². The van der Waals surface area contributed by atoms with Crippen molar-refractivity contribution < 1.29 is 14.3 Å². The molecule has 2 heterocycles. The summed E-state index contributed by atoms with van der Waals surface area (Å²) in [5, 5.41) is 1.28. The highest BCUT2D eigenvalue weighted by atomic mass is 35.5. The fourth-order valence-electron chi connectivity index (χ4n) is 4.09. The molecule has 0 radical (unpaired) electrons. The lowest BCUT2D eigenvalue weighted by molar-refractivity contribution is -0.123. The lowest BCUT2D eigenvalue weighted by Gasteiger charge is -2.13. The number of halogens is 1. The van der Waals surface area contributed by atoms with Gasteiger partial charge in [0.25, 0.3) is 11.1 Å². The second-order valence-corrected chi connectivity index (χ2v) is 9.57. The van der Waals surface area contributed by atoms with E-state index >= 15 is 0 Å². The monoisotopic (exact) mass is 502 g/mol. The standard InChI is InChI=1S/C28H23ClN2O3S/c29-24-13-6-4-9-20(24)19-31-27(32)26(35-28(31)33)17-21-18-30(25-14-7-5-12-23(21)25)15-8-16-34-22-10-2-1-3-11-22/h1-7,9-14,17-18H,8,15-16,19H2/b26-17-. The van der Waals surface area contributed by atoms with E-state index < -0.39 is 0 Å². The first-order chi connectivity index (χ1) is 17.1. The van der Waals surface area contributed by atoms with Crippen molar-refractivity contribution in [1.29, 1.82) is 0 Å². The first-order valence-corrected chi connectivity index (χ1v) is 12.5. The lowest BCUT2D eigenvalue weighted by Crippen LogP contribution is -2.27. The Balaban J connectivity index is 1.33.